The second-order valence-corrected chi connectivity index (χ2v) is 5.31. The van der Waals surface area contributed by atoms with Gasteiger partial charge in [-0.25, -0.2) is 0 Å². The van der Waals surface area contributed by atoms with Crippen LogP contribution < -0.4 is 5.73 Å². The summed E-state index contributed by atoms with van der Waals surface area (Å²) >= 11 is 0. The van der Waals surface area contributed by atoms with E-state index in [0.29, 0.717) is 0 Å². The minimum absolute atomic E-state index is 0.00748. The molecule has 1 aliphatic carbocycles. The highest BCUT2D eigenvalue weighted by Crippen LogP contribution is 2.46. The molecule has 1 aromatic carbocycles. The zero-order valence-electron chi connectivity index (χ0n) is 9.37. The fourth-order valence-electron chi connectivity index (χ4n) is 3.06. The van der Waals surface area contributed by atoms with Crippen molar-refractivity contribution in [1.29, 1.82) is 0 Å². The first-order valence-corrected chi connectivity index (χ1v) is 6.18. The highest BCUT2D eigenvalue weighted by Gasteiger charge is 2.42. The van der Waals surface area contributed by atoms with Crippen LogP contribution in [0.1, 0.15) is 30.4 Å². The second kappa shape index (κ2) is 2.69. The summed E-state index contributed by atoms with van der Waals surface area (Å²) in [5, 5.41) is 1.40. The van der Waals surface area contributed by atoms with Gasteiger partial charge in [-0.15, -0.1) is 0 Å². The number of hydrogen-bond acceptors (Lipinski definition) is 1. The Morgan fingerprint density at radius 1 is 1.25 bits per heavy atom. The molecule has 1 saturated carbocycles. The number of benzene rings is 1. The Bertz CT molecular complexity index is 576. The van der Waals surface area contributed by atoms with Gasteiger partial charge in [0.25, 0.3) is 0 Å². The fourth-order valence-corrected chi connectivity index (χ4v) is 3.06. The minimum atomic E-state index is -0.00748. The number of rotatable bonds is 1. The van der Waals surface area contributed by atoms with Crippen LogP contribution in [-0.4, -0.2) is 4.57 Å². The van der Waals surface area contributed by atoms with Gasteiger partial charge in [-0.1, -0.05) is 18.2 Å². The molecular weight excluding hydrogens is 196 g/mol. The van der Waals surface area contributed by atoms with Gasteiger partial charge in [0.05, 0.1) is 5.52 Å². The summed E-state index contributed by atoms with van der Waals surface area (Å²) in [7, 11) is 0. The lowest BCUT2D eigenvalue weighted by atomic mass is 10.00. The molecule has 0 amide bonds. The van der Waals surface area contributed by atoms with Crippen LogP contribution >= 0.6 is 0 Å². The molecule has 0 radical (unpaired) electrons. The predicted molar refractivity (Wildman–Crippen MR) is 65.4 cm³/mol. The molecule has 2 aromatic rings. The largest absolute Gasteiger partial charge is 0.347 e. The molecule has 0 saturated heterocycles. The second-order valence-electron chi connectivity index (χ2n) is 5.31. The van der Waals surface area contributed by atoms with E-state index in [1.54, 1.807) is 0 Å². The van der Waals surface area contributed by atoms with E-state index < -0.39 is 0 Å². The van der Waals surface area contributed by atoms with Gasteiger partial charge in [-0.2, -0.15) is 0 Å². The van der Waals surface area contributed by atoms with Gasteiger partial charge >= 0.3 is 0 Å². The zero-order valence-corrected chi connectivity index (χ0v) is 9.37. The molecule has 1 aromatic heterocycles. The van der Waals surface area contributed by atoms with Crippen molar-refractivity contribution in [2.45, 2.75) is 37.8 Å². The molecule has 4 rings (SSSR count). The maximum atomic E-state index is 6.36. The van der Waals surface area contributed by atoms with Crippen LogP contribution in [0.4, 0.5) is 0 Å². The number of para-hydroxylation sites is 1. The van der Waals surface area contributed by atoms with Crippen LogP contribution in [-0.2, 0) is 18.5 Å². The number of nitrogens with zero attached hydrogens (tertiary/aromatic N) is 1. The van der Waals surface area contributed by atoms with Gasteiger partial charge in [0.15, 0.2) is 0 Å². The van der Waals surface area contributed by atoms with Crippen molar-refractivity contribution in [1.82, 2.24) is 4.57 Å². The van der Waals surface area contributed by atoms with E-state index in [0.717, 1.165) is 19.4 Å². The van der Waals surface area contributed by atoms with Crippen LogP contribution in [0.25, 0.3) is 10.9 Å². The van der Waals surface area contributed by atoms with Crippen molar-refractivity contribution in [2.75, 3.05) is 0 Å². The Balaban J connectivity index is 2.09. The Morgan fingerprint density at radius 2 is 2.12 bits per heavy atom. The predicted octanol–water partition coefficient (Wildman–Crippen LogP) is 2.54. The van der Waals surface area contributed by atoms with Crippen LogP contribution in [0, 0.1) is 0 Å². The Morgan fingerprint density at radius 3 is 2.94 bits per heavy atom. The lowest BCUT2D eigenvalue weighted by Gasteiger charge is -2.14. The number of aromatic nitrogens is 1. The van der Waals surface area contributed by atoms with Gasteiger partial charge in [0.1, 0.15) is 0 Å². The summed E-state index contributed by atoms with van der Waals surface area (Å²) in [5.74, 6) is 0. The van der Waals surface area contributed by atoms with Crippen molar-refractivity contribution < 1.29 is 0 Å². The van der Waals surface area contributed by atoms with E-state index in [1.165, 1.54) is 34.9 Å². The molecule has 2 heterocycles. The minimum Gasteiger partial charge on any atom is -0.347 e. The van der Waals surface area contributed by atoms with Gasteiger partial charge in [0, 0.05) is 23.7 Å². The summed E-state index contributed by atoms with van der Waals surface area (Å²) in [6.45, 7) is 1.16. The third kappa shape index (κ3) is 1.00. The molecule has 0 spiro atoms. The van der Waals surface area contributed by atoms with E-state index in [9.17, 15) is 0 Å². The Labute approximate surface area is 95.1 Å². The molecule has 1 fully saturated rings. The van der Waals surface area contributed by atoms with Crippen molar-refractivity contribution >= 4 is 10.9 Å². The van der Waals surface area contributed by atoms with Gasteiger partial charge in [0.2, 0.25) is 0 Å². The molecule has 82 valence electrons. The summed E-state index contributed by atoms with van der Waals surface area (Å²) in [4.78, 5) is 0. The summed E-state index contributed by atoms with van der Waals surface area (Å²) in [6.07, 6.45) is 7.09. The van der Waals surface area contributed by atoms with Crippen LogP contribution in [0.3, 0.4) is 0 Å². The number of hydrogen-bond donors (Lipinski definition) is 1. The van der Waals surface area contributed by atoms with Crippen molar-refractivity contribution in [2.24, 2.45) is 5.73 Å². The van der Waals surface area contributed by atoms with E-state index >= 15 is 0 Å². The molecule has 0 unspecified atom stereocenters. The molecule has 2 aliphatic rings. The van der Waals surface area contributed by atoms with Crippen molar-refractivity contribution in [3.8, 4) is 0 Å². The zero-order chi connectivity index (χ0) is 10.8. The van der Waals surface area contributed by atoms with E-state index in [1.807, 2.05) is 0 Å². The molecule has 0 bridgehead atoms. The number of aryl methyl sites for hydroxylation is 2. The maximum absolute atomic E-state index is 6.36. The van der Waals surface area contributed by atoms with Crippen LogP contribution in [0.15, 0.2) is 24.4 Å². The van der Waals surface area contributed by atoms with Crippen LogP contribution in [0.2, 0.25) is 0 Å². The van der Waals surface area contributed by atoms with Crippen molar-refractivity contribution in [3.05, 3.63) is 35.5 Å². The quantitative estimate of drug-likeness (QED) is 0.773. The van der Waals surface area contributed by atoms with Gasteiger partial charge in [-0.05, 0) is 36.8 Å². The molecule has 16 heavy (non-hydrogen) atoms. The Kier molecular flexibility index (Phi) is 1.48. The summed E-state index contributed by atoms with van der Waals surface area (Å²) < 4.78 is 2.41. The van der Waals surface area contributed by atoms with E-state index in [4.69, 9.17) is 5.73 Å². The first-order chi connectivity index (χ1) is 7.78. The average molecular weight is 212 g/mol. The summed E-state index contributed by atoms with van der Waals surface area (Å²) in [5.41, 5.74) is 10.7. The molecule has 1 aliphatic heterocycles. The smallest absolute Gasteiger partial charge is 0.0516 e. The topological polar surface area (TPSA) is 30.9 Å². The fraction of sp³-hybridized carbons (Fsp3) is 0.429. The molecular formula is C14H16N2. The highest BCUT2D eigenvalue weighted by atomic mass is 15.0. The lowest BCUT2D eigenvalue weighted by molar-refractivity contribution is 0.630. The first kappa shape index (κ1) is 8.82. The maximum Gasteiger partial charge on any atom is 0.0516 e. The Hall–Kier alpha value is -1.28. The first-order valence-electron chi connectivity index (χ1n) is 6.18. The van der Waals surface area contributed by atoms with E-state index in [2.05, 4.69) is 29.0 Å². The van der Waals surface area contributed by atoms with Gasteiger partial charge in [-0.3, -0.25) is 0 Å². The number of nitrogens with two attached hydrogens (primary N) is 1. The lowest BCUT2D eigenvalue weighted by Crippen LogP contribution is -2.18. The SMILES string of the molecule is NC1(c2cn3c4c(cccc24)CCC3)CC1. The normalized spacial score (nSPS) is 21.3. The monoisotopic (exact) mass is 212 g/mol. The van der Waals surface area contributed by atoms with Crippen LogP contribution in [0.5, 0.6) is 0 Å². The highest BCUT2D eigenvalue weighted by molar-refractivity contribution is 5.88. The standard InChI is InChI=1S/C14H16N2/c15-14(6-7-14)12-9-16-8-2-4-10-3-1-5-11(12)13(10)16/h1,3,5,9H,2,4,6-8,15H2. The van der Waals surface area contributed by atoms with E-state index in [-0.39, 0.29) is 5.54 Å². The third-order valence-corrected chi connectivity index (χ3v) is 4.15. The summed E-state index contributed by atoms with van der Waals surface area (Å²) in [6, 6.07) is 6.68. The average Bonchev–Trinajstić information content (AvgIpc) is 2.93. The third-order valence-electron chi connectivity index (χ3n) is 4.15. The molecule has 2 nitrogen and oxygen atoms in total. The van der Waals surface area contributed by atoms with Crippen molar-refractivity contribution in [3.63, 3.8) is 0 Å². The van der Waals surface area contributed by atoms with Gasteiger partial charge < -0.3 is 10.3 Å². The molecule has 2 N–H and O–H groups in total. The molecule has 0 atom stereocenters. The molecule has 2 heteroatoms.